The Hall–Kier alpha value is -3.68. The standard InChI is InChI=1S/C22H21NO7/c24-19(23-13-7-8-14-23)17(29-21(27)15-9-3-1-4-10-15)18(20(25)26)30-22(28)16-11-5-2-6-12-16/h1-6,9-12,17-18H,7-8,13-14H2,(H,25,26)/t17-,18-/m0/s1. The first-order chi connectivity index (χ1) is 14.5. The summed E-state index contributed by atoms with van der Waals surface area (Å²) >= 11 is 0. The zero-order chi connectivity index (χ0) is 21.5. The Kier molecular flexibility index (Phi) is 6.79. The highest BCUT2D eigenvalue weighted by Crippen LogP contribution is 2.18. The van der Waals surface area contributed by atoms with Crippen LogP contribution in [0.3, 0.4) is 0 Å². The van der Waals surface area contributed by atoms with E-state index < -0.39 is 36.0 Å². The van der Waals surface area contributed by atoms with Gasteiger partial charge < -0.3 is 19.5 Å². The number of likely N-dealkylation sites (tertiary alicyclic amines) is 1. The minimum Gasteiger partial charge on any atom is -0.478 e. The molecule has 8 nitrogen and oxygen atoms in total. The first-order valence-electron chi connectivity index (χ1n) is 9.51. The third kappa shape index (κ3) is 5.02. The largest absolute Gasteiger partial charge is 0.478 e. The number of esters is 2. The third-order valence-corrected chi connectivity index (χ3v) is 4.67. The van der Waals surface area contributed by atoms with E-state index in [1.807, 2.05) is 0 Å². The van der Waals surface area contributed by atoms with Crippen molar-refractivity contribution in [3.63, 3.8) is 0 Å². The second kappa shape index (κ2) is 9.69. The van der Waals surface area contributed by atoms with Crippen LogP contribution in [-0.2, 0) is 19.1 Å². The molecule has 0 spiro atoms. The first-order valence-corrected chi connectivity index (χ1v) is 9.51. The highest BCUT2D eigenvalue weighted by molar-refractivity contribution is 5.96. The maximum atomic E-state index is 13.0. The number of benzene rings is 2. The van der Waals surface area contributed by atoms with E-state index in [0.717, 1.165) is 12.8 Å². The van der Waals surface area contributed by atoms with E-state index in [0.29, 0.717) is 13.1 Å². The van der Waals surface area contributed by atoms with Crippen LogP contribution in [0.15, 0.2) is 60.7 Å². The van der Waals surface area contributed by atoms with Gasteiger partial charge in [-0.25, -0.2) is 14.4 Å². The lowest BCUT2D eigenvalue weighted by molar-refractivity contribution is -0.162. The van der Waals surface area contributed by atoms with E-state index in [4.69, 9.17) is 9.47 Å². The number of carboxylic acids is 1. The Morgan fingerprint density at radius 2 is 1.17 bits per heavy atom. The molecule has 0 unspecified atom stereocenters. The molecule has 1 aliphatic heterocycles. The minimum absolute atomic E-state index is 0.116. The summed E-state index contributed by atoms with van der Waals surface area (Å²) in [6.07, 6.45) is -2.28. The maximum Gasteiger partial charge on any atom is 0.349 e. The number of ether oxygens (including phenoxy) is 2. The number of rotatable bonds is 7. The van der Waals surface area contributed by atoms with Crippen LogP contribution >= 0.6 is 0 Å². The second-order valence-corrected chi connectivity index (χ2v) is 6.75. The van der Waals surface area contributed by atoms with Crippen molar-refractivity contribution in [1.29, 1.82) is 0 Å². The molecule has 30 heavy (non-hydrogen) atoms. The fourth-order valence-electron chi connectivity index (χ4n) is 3.12. The normalized spacial score (nSPS) is 15.1. The van der Waals surface area contributed by atoms with Crippen LogP contribution < -0.4 is 0 Å². The molecular weight excluding hydrogens is 390 g/mol. The Balaban J connectivity index is 1.86. The molecule has 1 fully saturated rings. The number of carbonyl (C=O) groups excluding carboxylic acids is 3. The molecule has 0 aliphatic carbocycles. The van der Waals surface area contributed by atoms with Gasteiger partial charge in [-0.2, -0.15) is 0 Å². The van der Waals surface area contributed by atoms with Crippen molar-refractivity contribution < 1.29 is 33.8 Å². The van der Waals surface area contributed by atoms with Crippen LogP contribution in [0.5, 0.6) is 0 Å². The van der Waals surface area contributed by atoms with E-state index in [9.17, 15) is 24.3 Å². The quantitative estimate of drug-likeness (QED) is 0.695. The lowest BCUT2D eigenvalue weighted by Crippen LogP contribution is -2.51. The number of carboxylic acid groups (broad SMARTS) is 1. The summed E-state index contributed by atoms with van der Waals surface area (Å²) in [4.78, 5) is 51.2. The summed E-state index contributed by atoms with van der Waals surface area (Å²) in [5.74, 6) is -4.10. The fourth-order valence-corrected chi connectivity index (χ4v) is 3.12. The molecule has 0 aromatic heterocycles. The lowest BCUT2D eigenvalue weighted by Gasteiger charge is -2.27. The molecule has 1 N–H and O–H groups in total. The smallest absolute Gasteiger partial charge is 0.349 e. The molecule has 156 valence electrons. The number of aliphatic carboxylic acids is 1. The van der Waals surface area contributed by atoms with E-state index in [1.165, 1.54) is 29.2 Å². The van der Waals surface area contributed by atoms with Gasteiger partial charge in [0.2, 0.25) is 12.2 Å². The zero-order valence-corrected chi connectivity index (χ0v) is 16.1. The van der Waals surface area contributed by atoms with E-state index >= 15 is 0 Å². The molecule has 1 heterocycles. The van der Waals surface area contributed by atoms with Gasteiger partial charge in [0.25, 0.3) is 5.91 Å². The highest BCUT2D eigenvalue weighted by Gasteiger charge is 2.43. The van der Waals surface area contributed by atoms with Gasteiger partial charge in [-0.1, -0.05) is 36.4 Å². The van der Waals surface area contributed by atoms with Gasteiger partial charge in [0, 0.05) is 13.1 Å². The van der Waals surface area contributed by atoms with Gasteiger partial charge in [0.05, 0.1) is 11.1 Å². The highest BCUT2D eigenvalue weighted by atomic mass is 16.6. The lowest BCUT2D eigenvalue weighted by atomic mass is 10.1. The monoisotopic (exact) mass is 411 g/mol. The fraction of sp³-hybridized carbons (Fsp3) is 0.273. The summed E-state index contributed by atoms with van der Waals surface area (Å²) in [5.41, 5.74) is 0.265. The summed E-state index contributed by atoms with van der Waals surface area (Å²) in [6.45, 7) is 0.828. The predicted octanol–water partition coefficient (Wildman–Crippen LogP) is 2.14. The zero-order valence-electron chi connectivity index (χ0n) is 16.1. The molecule has 2 atom stereocenters. The SMILES string of the molecule is O=C(O[C@H](C(=O)O)[C@H](OC(=O)c1ccccc1)C(=O)N1CCCC1)c1ccccc1. The van der Waals surface area contributed by atoms with Crippen molar-refractivity contribution in [2.45, 2.75) is 25.0 Å². The summed E-state index contributed by atoms with van der Waals surface area (Å²) < 4.78 is 10.4. The maximum absolute atomic E-state index is 13.0. The molecule has 1 amide bonds. The van der Waals surface area contributed by atoms with Crippen molar-refractivity contribution in [1.82, 2.24) is 4.90 Å². The topological polar surface area (TPSA) is 110 Å². The van der Waals surface area contributed by atoms with Crippen LogP contribution in [0.1, 0.15) is 33.6 Å². The summed E-state index contributed by atoms with van der Waals surface area (Å²) in [7, 11) is 0. The van der Waals surface area contributed by atoms with Crippen LogP contribution in [-0.4, -0.2) is 59.1 Å². The van der Waals surface area contributed by atoms with Crippen molar-refractivity contribution in [3.8, 4) is 0 Å². The molecule has 0 radical (unpaired) electrons. The number of amides is 1. The number of hydrogen-bond acceptors (Lipinski definition) is 6. The van der Waals surface area contributed by atoms with Gasteiger partial charge in [-0.05, 0) is 37.1 Å². The molecule has 1 aliphatic rings. The van der Waals surface area contributed by atoms with Gasteiger partial charge in [0.1, 0.15) is 0 Å². The Labute approximate surface area is 173 Å². The van der Waals surface area contributed by atoms with E-state index in [2.05, 4.69) is 0 Å². The third-order valence-electron chi connectivity index (χ3n) is 4.67. The number of carbonyl (C=O) groups is 4. The van der Waals surface area contributed by atoms with Crippen LogP contribution in [0, 0.1) is 0 Å². The molecule has 3 rings (SSSR count). The molecular formula is C22H21NO7. The van der Waals surface area contributed by atoms with Crippen LogP contribution in [0.25, 0.3) is 0 Å². The van der Waals surface area contributed by atoms with Gasteiger partial charge >= 0.3 is 17.9 Å². The summed E-state index contributed by atoms with van der Waals surface area (Å²) in [6, 6.07) is 15.7. The Bertz CT molecular complexity index is 908. The molecule has 2 aromatic rings. The molecule has 2 aromatic carbocycles. The van der Waals surface area contributed by atoms with Crippen molar-refractivity contribution in [3.05, 3.63) is 71.8 Å². The Morgan fingerprint density at radius 3 is 1.60 bits per heavy atom. The second-order valence-electron chi connectivity index (χ2n) is 6.75. The van der Waals surface area contributed by atoms with Crippen molar-refractivity contribution in [2.75, 3.05) is 13.1 Å². The van der Waals surface area contributed by atoms with Crippen LogP contribution in [0.2, 0.25) is 0 Å². The van der Waals surface area contributed by atoms with E-state index in [1.54, 1.807) is 36.4 Å². The average molecular weight is 411 g/mol. The molecule has 1 saturated heterocycles. The Morgan fingerprint density at radius 1 is 0.733 bits per heavy atom. The summed E-state index contributed by atoms with van der Waals surface area (Å²) in [5, 5.41) is 9.68. The molecule has 8 heteroatoms. The van der Waals surface area contributed by atoms with Crippen molar-refractivity contribution >= 4 is 23.8 Å². The van der Waals surface area contributed by atoms with Gasteiger partial charge in [-0.3, -0.25) is 4.79 Å². The van der Waals surface area contributed by atoms with Gasteiger partial charge in [-0.15, -0.1) is 0 Å². The first kappa shape index (κ1) is 21.0. The van der Waals surface area contributed by atoms with Crippen LogP contribution in [0.4, 0.5) is 0 Å². The molecule has 0 bridgehead atoms. The average Bonchev–Trinajstić information content (AvgIpc) is 3.31. The minimum atomic E-state index is -1.99. The van der Waals surface area contributed by atoms with Gasteiger partial charge in [0.15, 0.2) is 0 Å². The number of nitrogens with zero attached hydrogens (tertiary/aromatic N) is 1. The predicted molar refractivity (Wildman–Crippen MR) is 105 cm³/mol. The molecule has 0 saturated carbocycles. The van der Waals surface area contributed by atoms with E-state index in [-0.39, 0.29) is 11.1 Å². The van der Waals surface area contributed by atoms with Crippen molar-refractivity contribution in [2.24, 2.45) is 0 Å². The number of hydrogen-bond donors (Lipinski definition) is 1.